The topological polar surface area (TPSA) is 67.5 Å². The van der Waals surface area contributed by atoms with Crippen molar-refractivity contribution in [3.63, 3.8) is 0 Å². The number of carbonyl (C=O) groups is 2. The number of Topliss-reactive ketones (excluding diaryl/α,β-unsaturated/α-hetero) is 1. The Balaban J connectivity index is 3.09. The van der Waals surface area contributed by atoms with Crippen LogP contribution in [0.2, 0.25) is 0 Å². The largest absolute Gasteiger partial charge is 0.475 e. The SMILES string of the molecule is O=C(O)c1ccc(C(=O)C(F)(F)C(F)(F)F)o1. The average molecular weight is 258 g/mol. The zero-order valence-corrected chi connectivity index (χ0v) is 7.72. The molecule has 1 aromatic heterocycles. The van der Waals surface area contributed by atoms with Gasteiger partial charge in [-0.1, -0.05) is 0 Å². The van der Waals surface area contributed by atoms with E-state index < -0.39 is 35.4 Å². The van der Waals surface area contributed by atoms with Crippen molar-refractivity contribution < 1.29 is 41.1 Å². The van der Waals surface area contributed by atoms with Gasteiger partial charge in [0, 0.05) is 0 Å². The van der Waals surface area contributed by atoms with Crippen molar-refractivity contribution in [1.82, 2.24) is 0 Å². The van der Waals surface area contributed by atoms with Crippen LogP contribution in [0.4, 0.5) is 22.0 Å². The molecule has 0 saturated carbocycles. The number of ketones is 1. The van der Waals surface area contributed by atoms with Crippen LogP contribution in [0.1, 0.15) is 21.1 Å². The summed E-state index contributed by atoms with van der Waals surface area (Å²) in [4.78, 5) is 21.1. The van der Waals surface area contributed by atoms with E-state index in [9.17, 15) is 31.5 Å². The Morgan fingerprint density at radius 3 is 1.88 bits per heavy atom. The summed E-state index contributed by atoms with van der Waals surface area (Å²) in [7, 11) is 0. The summed E-state index contributed by atoms with van der Waals surface area (Å²) in [5, 5.41) is 8.33. The highest BCUT2D eigenvalue weighted by Crippen LogP contribution is 2.38. The van der Waals surface area contributed by atoms with Crippen LogP contribution in [0.25, 0.3) is 0 Å². The van der Waals surface area contributed by atoms with Crippen molar-refractivity contribution in [2.75, 3.05) is 0 Å². The van der Waals surface area contributed by atoms with E-state index in [2.05, 4.69) is 4.42 Å². The van der Waals surface area contributed by atoms with Gasteiger partial charge in [0.05, 0.1) is 0 Å². The third kappa shape index (κ3) is 2.27. The molecule has 1 heterocycles. The van der Waals surface area contributed by atoms with Gasteiger partial charge in [-0.05, 0) is 12.1 Å². The van der Waals surface area contributed by atoms with Crippen molar-refractivity contribution in [2.24, 2.45) is 0 Å². The number of alkyl halides is 5. The summed E-state index contributed by atoms with van der Waals surface area (Å²) in [6.07, 6.45) is -6.07. The average Bonchev–Trinajstić information content (AvgIpc) is 2.63. The second kappa shape index (κ2) is 3.82. The van der Waals surface area contributed by atoms with Gasteiger partial charge in [0.2, 0.25) is 5.76 Å². The Labute approximate surface area is 89.6 Å². The zero-order valence-electron chi connectivity index (χ0n) is 7.72. The molecule has 0 aliphatic rings. The van der Waals surface area contributed by atoms with E-state index in [0.29, 0.717) is 12.1 Å². The molecule has 9 heteroatoms. The maximum absolute atomic E-state index is 12.5. The van der Waals surface area contributed by atoms with Crippen LogP contribution in [0.15, 0.2) is 16.5 Å². The molecule has 0 aromatic carbocycles. The lowest BCUT2D eigenvalue weighted by atomic mass is 10.1. The normalized spacial score (nSPS) is 12.5. The highest BCUT2D eigenvalue weighted by atomic mass is 19.4. The molecule has 4 nitrogen and oxygen atoms in total. The second-order valence-electron chi connectivity index (χ2n) is 2.87. The van der Waals surface area contributed by atoms with Crippen LogP contribution in [-0.4, -0.2) is 29.0 Å². The Bertz CT molecular complexity index is 459. The number of hydrogen-bond acceptors (Lipinski definition) is 3. The first-order valence-electron chi connectivity index (χ1n) is 3.90. The quantitative estimate of drug-likeness (QED) is 0.667. The number of hydrogen-bond donors (Lipinski definition) is 1. The van der Waals surface area contributed by atoms with Gasteiger partial charge in [-0.3, -0.25) is 4.79 Å². The smallest absolute Gasteiger partial charge is 0.461 e. The lowest BCUT2D eigenvalue weighted by Gasteiger charge is -2.16. The Kier molecular flexibility index (Phi) is 2.96. The minimum atomic E-state index is -6.07. The number of carbonyl (C=O) groups excluding carboxylic acids is 1. The minimum absolute atomic E-state index is 0.436. The molecule has 0 radical (unpaired) electrons. The zero-order chi connectivity index (χ0) is 13.4. The monoisotopic (exact) mass is 258 g/mol. The van der Waals surface area contributed by atoms with Crippen molar-refractivity contribution in [3.8, 4) is 0 Å². The van der Waals surface area contributed by atoms with Gasteiger partial charge in [0.1, 0.15) is 0 Å². The highest BCUT2D eigenvalue weighted by molar-refractivity contribution is 6.00. The molecular formula is C8H3F5O4. The molecule has 1 aromatic rings. The van der Waals surface area contributed by atoms with Crippen molar-refractivity contribution in [1.29, 1.82) is 0 Å². The van der Waals surface area contributed by atoms with Crippen LogP contribution in [0.3, 0.4) is 0 Å². The lowest BCUT2D eigenvalue weighted by molar-refractivity contribution is -0.256. The molecule has 0 atom stereocenters. The number of carboxylic acids is 1. The maximum Gasteiger partial charge on any atom is 0.461 e. The molecule has 0 amide bonds. The van der Waals surface area contributed by atoms with Gasteiger partial charge in [-0.2, -0.15) is 22.0 Å². The Morgan fingerprint density at radius 1 is 1.06 bits per heavy atom. The first-order valence-corrected chi connectivity index (χ1v) is 3.90. The fraction of sp³-hybridized carbons (Fsp3) is 0.250. The molecule has 0 saturated heterocycles. The number of aromatic carboxylic acids is 1. The van der Waals surface area contributed by atoms with Crippen LogP contribution >= 0.6 is 0 Å². The van der Waals surface area contributed by atoms with E-state index in [0.717, 1.165) is 0 Å². The summed E-state index contributed by atoms with van der Waals surface area (Å²) < 4.78 is 64.6. The van der Waals surface area contributed by atoms with Crippen molar-refractivity contribution >= 4 is 11.8 Å². The molecule has 0 aliphatic carbocycles. The Hall–Kier alpha value is -1.93. The summed E-state index contributed by atoms with van der Waals surface area (Å²) in [5.41, 5.74) is 0. The fourth-order valence-corrected chi connectivity index (χ4v) is 0.858. The third-order valence-corrected chi connectivity index (χ3v) is 1.68. The predicted molar refractivity (Wildman–Crippen MR) is 41.0 cm³/mol. The van der Waals surface area contributed by atoms with Crippen LogP contribution in [0, 0.1) is 0 Å². The maximum atomic E-state index is 12.5. The number of furan rings is 1. The molecule has 0 unspecified atom stereocenters. The fourth-order valence-electron chi connectivity index (χ4n) is 0.858. The van der Waals surface area contributed by atoms with Crippen molar-refractivity contribution in [2.45, 2.75) is 12.1 Å². The third-order valence-electron chi connectivity index (χ3n) is 1.68. The van der Waals surface area contributed by atoms with E-state index in [-0.39, 0.29) is 0 Å². The van der Waals surface area contributed by atoms with Gasteiger partial charge < -0.3 is 9.52 Å². The Morgan fingerprint density at radius 2 is 1.53 bits per heavy atom. The summed E-state index contributed by atoms with van der Waals surface area (Å²) in [5.74, 6) is -12.2. The van der Waals surface area contributed by atoms with E-state index in [1.807, 2.05) is 0 Å². The van der Waals surface area contributed by atoms with E-state index in [1.165, 1.54) is 0 Å². The molecule has 0 fully saturated rings. The van der Waals surface area contributed by atoms with Crippen molar-refractivity contribution in [3.05, 3.63) is 23.7 Å². The molecule has 0 spiro atoms. The second-order valence-corrected chi connectivity index (χ2v) is 2.87. The lowest BCUT2D eigenvalue weighted by Crippen LogP contribution is -2.43. The van der Waals surface area contributed by atoms with Gasteiger partial charge >= 0.3 is 18.1 Å². The first kappa shape index (κ1) is 13.1. The number of carboxylic acid groups (broad SMARTS) is 1. The summed E-state index contributed by atoms with van der Waals surface area (Å²) >= 11 is 0. The predicted octanol–water partition coefficient (Wildman–Crippen LogP) is 2.36. The standard InChI is InChI=1S/C8H3F5O4/c9-7(10,8(11,12)13)5(14)3-1-2-4(17-3)6(15)16/h1-2H,(H,15,16). The minimum Gasteiger partial charge on any atom is -0.475 e. The number of rotatable bonds is 3. The summed E-state index contributed by atoms with van der Waals surface area (Å²) in [6, 6.07) is 1.04. The number of halogens is 5. The molecule has 0 bridgehead atoms. The van der Waals surface area contributed by atoms with Gasteiger partial charge in [0.15, 0.2) is 5.76 Å². The molecule has 1 N–H and O–H groups in total. The molecule has 94 valence electrons. The van der Waals surface area contributed by atoms with Crippen LogP contribution < -0.4 is 0 Å². The molecule has 1 rings (SSSR count). The molecule has 17 heavy (non-hydrogen) atoms. The van der Waals surface area contributed by atoms with Gasteiger partial charge in [-0.15, -0.1) is 0 Å². The van der Waals surface area contributed by atoms with Crippen LogP contribution in [0.5, 0.6) is 0 Å². The highest BCUT2D eigenvalue weighted by Gasteiger charge is 2.64. The summed E-state index contributed by atoms with van der Waals surface area (Å²) in [6.45, 7) is 0. The van der Waals surface area contributed by atoms with Crippen LogP contribution in [-0.2, 0) is 0 Å². The molecular weight excluding hydrogens is 255 g/mol. The van der Waals surface area contributed by atoms with E-state index in [1.54, 1.807) is 0 Å². The molecule has 0 aliphatic heterocycles. The van der Waals surface area contributed by atoms with E-state index >= 15 is 0 Å². The van der Waals surface area contributed by atoms with E-state index in [4.69, 9.17) is 5.11 Å². The first-order chi connectivity index (χ1) is 7.57. The van der Waals surface area contributed by atoms with Gasteiger partial charge in [0.25, 0.3) is 5.78 Å². The van der Waals surface area contributed by atoms with Gasteiger partial charge in [-0.25, -0.2) is 4.79 Å².